The van der Waals surface area contributed by atoms with Crippen molar-refractivity contribution in [2.24, 2.45) is 0 Å². The number of amides is 1. The van der Waals surface area contributed by atoms with Crippen LogP contribution in [0.3, 0.4) is 0 Å². The summed E-state index contributed by atoms with van der Waals surface area (Å²) in [6, 6.07) is 6.00. The maximum Gasteiger partial charge on any atom is 0.307 e. The number of hydrogen-bond donors (Lipinski definition) is 0. The number of rotatable bonds is 7. The van der Waals surface area contributed by atoms with Gasteiger partial charge in [0.05, 0.1) is 19.3 Å². The second-order valence-corrected chi connectivity index (χ2v) is 6.43. The smallest absolute Gasteiger partial charge is 0.307 e. The highest BCUT2D eigenvalue weighted by Gasteiger charge is 2.14. The van der Waals surface area contributed by atoms with E-state index in [4.69, 9.17) is 0 Å². The van der Waals surface area contributed by atoms with Crippen molar-refractivity contribution >= 4 is 39.6 Å². The lowest BCUT2D eigenvalue weighted by molar-refractivity contribution is -0.141. The molecule has 1 aromatic rings. The van der Waals surface area contributed by atoms with Gasteiger partial charge in [-0.3, -0.25) is 9.59 Å². The third kappa shape index (κ3) is 6.09. The van der Waals surface area contributed by atoms with Crippen molar-refractivity contribution in [3.8, 4) is 0 Å². The van der Waals surface area contributed by atoms with Crippen molar-refractivity contribution in [1.82, 2.24) is 4.90 Å². The summed E-state index contributed by atoms with van der Waals surface area (Å²) in [5, 5.41) is 0. The molecule has 0 spiro atoms. The zero-order chi connectivity index (χ0) is 15.8. The lowest BCUT2D eigenvalue weighted by Gasteiger charge is -2.20. The molecule has 1 aromatic carbocycles. The highest BCUT2D eigenvalue weighted by atomic mass is 79.9. The Bertz CT molecular complexity index is 508. The Balaban J connectivity index is 2.52. The van der Waals surface area contributed by atoms with Crippen LogP contribution in [-0.2, 0) is 14.3 Å². The van der Waals surface area contributed by atoms with Gasteiger partial charge < -0.3 is 9.64 Å². The summed E-state index contributed by atoms with van der Waals surface area (Å²) in [5.41, 5.74) is 1.14. The fourth-order valence-electron chi connectivity index (χ4n) is 1.79. The third-order valence-electron chi connectivity index (χ3n) is 3.04. The number of benzene rings is 1. The molecule has 0 aliphatic heterocycles. The number of nitrogens with zero attached hydrogens (tertiary/aromatic N) is 1. The molecule has 0 heterocycles. The van der Waals surface area contributed by atoms with E-state index in [1.807, 2.05) is 32.0 Å². The van der Waals surface area contributed by atoms with E-state index in [2.05, 4.69) is 20.7 Å². The normalized spacial score (nSPS) is 10.3. The van der Waals surface area contributed by atoms with Crippen LogP contribution in [0.15, 0.2) is 27.6 Å². The van der Waals surface area contributed by atoms with Gasteiger partial charge in [-0.2, -0.15) is 0 Å². The molecule has 6 heteroatoms. The average molecular weight is 374 g/mol. The summed E-state index contributed by atoms with van der Waals surface area (Å²) in [6.07, 6.45) is 0.234. The third-order valence-corrected chi connectivity index (χ3v) is 4.69. The molecule has 0 bridgehead atoms. The average Bonchev–Trinajstić information content (AvgIpc) is 2.46. The number of carbonyl (C=O) groups excluding carboxylic acids is 2. The number of methoxy groups -OCH3 is 1. The molecule has 0 fully saturated rings. The molecular weight excluding hydrogens is 354 g/mol. The van der Waals surface area contributed by atoms with Crippen LogP contribution in [0.1, 0.15) is 18.9 Å². The molecule has 0 aliphatic carbocycles. The fraction of sp³-hybridized carbons (Fsp3) is 0.467. The molecule has 0 atom stereocenters. The summed E-state index contributed by atoms with van der Waals surface area (Å²) >= 11 is 4.94. The van der Waals surface area contributed by atoms with Crippen molar-refractivity contribution < 1.29 is 14.3 Å². The molecule has 0 N–H and O–H groups in total. The molecule has 0 unspecified atom stereocenters. The zero-order valence-corrected chi connectivity index (χ0v) is 14.9. The number of thioether (sulfide) groups is 1. The fourth-order valence-corrected chi connectivity index (χ4v) is 3.18. The van der Waals surface area contributed by atoms with Crippen LogP contribution >= 0.6 is 27.7 Å². The van der Waals surface area contributed by atoms with Gasteiger partial charge in [-0.1, -0.05) is 15.9 Å². The summed E-state index contributed by atoms with van der Waals surface area (Å²) in [6.45, 7) is 4.93. The van der Waals surface area contributed by atoms with E-state index in [9.17, 15) is 9.59 Å². The number of aryl methyl sites for hydroxylation is 1. The highest BCUT2D eigenvalue weighted by molar-refractivity contribution is 9.10. The van der Waals surface area contributed by atoms with Crippen LogP contribution in [0.2, 0.25) is 0 Å². The van der Waals surface area contributed by atoms with Crippen molar-refractivity contribution in [3.05, 3.63) is 28.2 Å². The minimum Gasteiger partial charge on any atom is -0.469 e. The molecule has 0 aromatic heterocycles. The van der Waals surface area contributed by atoms with Crippen molar-refractivity contribution in [1.29, 1.82) is 0 Å². The summed E-state index contributed by atoms with van der Waals surface area (Å²) in [4.78, 5) is 26.1. The van der Waals surface area contributed by atoms with E-state index in [0.29, 0.717) is 18.8 Å². The number of ether oxygens (including phenoxy) is 1. The van der Waals surface area contributed by atoms with Gasteiger partial charge in [-0.15, -0.1) is 11.8 Å². The van der Waals surface area contributed by atoms with Crippen LogP contribution in [0.5, 0.6) is 0 Å². The van der Waals surface area contributed by atoms with E-state index < -0.39 is 0 Å². The maximum atomic E-state index is 12.2. The molecule has 0 radical (unpaired) electrons. The molecule has 0 aliphatic rings. The van der Waals surface area contributed by atoms with Gasteiger partial charge >= 0.3 is 5.97 Å². The van der Waals surface area contributed by atoms with E-state index in [-0.39, 0.29) is 18.3 Å². The van der Waals surface area contributed by atoms with Gasteiger partial charge in [-0.25, -0.2) is 0 Å². The molecule has 116 valence electrons. The molecule has 0 saturated heterocycles. The maximum absolute atomic E-state index is 12.2. The van der Waals surface area contributed by atoms with E-state index in [0.717, 1.165) is 14.9 Å². The van der Waals surface area contributed by atoms with E-state index in [1.54, 1.807) is 4.90 Å². The van der Waals surface area contributed by atoms with Gasteiger partial charge in [0.15, 0.2) is 0 Å². The highest BCUT2D eigenvalue weighted by Crippen LogP contribution is 2.25. The minimum absolute atomic E-state index is 0.0359. The standard InChI is InChI=1S/C15H20BrNO3S/c1-4-17(8-7-15(19)20-3)14(18)10-21-13-6-5-12(16)9-11(13)2/h5-6,9H,4,7-8,10H2,1-3H3. The molecule has 1 amide bonds. The van der Waals surface area contributed by atoms with Crippen LogP contribution in [0, 0.1) is 6.92 Å². The van der Waals surface area contributed by atoms with E-state index >= 15 is 0 Å². The Kier molecular flexibility index (Phi) is 7.82. The predicted molar refractivity (Wildman–Crippen MR) is 88.5 cm³/mol. The Morgan fingerprint density at radius 2 is 2.10 bits per heavy atom. The van der Waals surface area contributed by atoms with Gasteiger partial charge in [-0.05, 0) is 37.6 Å². The molecular formula is C15H20BrNO3S. The quantitative estimate of drug-likeness (QED) is 0.543. The predicted octanol–water partition coefficient (Wildman–Crippen LogP) is 3.26. The molecule has 21 heavy (non-hydrogen) atoms. The first-order valence-electron chi connectivity index (χ1n) is 6.71. The SMILES string of the molecule is CCN(CCC(=O)OC)C(=O)CSc1ccc(Br)cc1C. The molecule has 4 nitrogen and oxygen atoms in total. The molecule has 0 saturated carbocycles. The number of esters is 1. The summed E-state index contributed by atoms with van der Waals surface area (Å²) in [7, 11) is 1.35. The van der Waals surface area contributed by atoms with Crippen molar-refractivity contribution in [2.75, 3.05) is 26.0 Å². The van der Waals surface area contributed by atoms with Crippen molar-refractivity contribution in [2.45, 2.75) is 25.2 Å². The number of hydrogen-bond acceptors (Lipinski definition) is 4. The Morgan fingerprint density at radius 3 is 2.67 bits per heavy atom. The second-order valence-electron chi connectivity index (χ2n) is 4.50. The zero-order valence-electron chi connectivity index (χ0n) is 12.5. The largest absolute Gasteiger partial charge is 0.469 e. The number of carbonyl (C=O) groups is 2. The van der Waals surface area contributed by atoms with Gasteiger partial charge in [0.2, 0.25) is 5.91 Å². The van der Waals surface area contributed by atoms with Crippen LogP contribution in [0.4, 0.5) is 0 Å². The first kappa shape index (κ1) is 18.0. The van der Waals surface area contributed by atoms with Gasteiger partial charge in [0, 0.05) is 22.5 Å². The first-order valence-corrected chi connectivity index (χ1v) is 8.49. The monoisotopic (exact) mass is 373 g/mol. The van der Waals surface area contributed by atoms with Gasteiger partial charge in [0.1, 0.15) is 0 Å². The Labute approximate surface area is 138 Å². The topological polar surface area (TPSA) is 46.6 Å². The van der Waals surface area contributed by atoms with Crippen LogP contribution in [-0.4, -0.2) is 42.7 Å². The lowest BCUT2D eigenvalue weighted by atomic mass is 10.2. The second kappa shape index (κ2) is 9.10. The minimum atomic E-state index is -0.294. The summed E-state index contributed by atoms with van der Waals surface area (Å²) in [5.74, 6) is 0.115. The number of halogens is 1. The van der Waals surface area contributed by atoms with Gasteiger partial charge in [0.25, 0.3) is 0 Å². The van der Waals surface area contributed by atoms with E-state index in [1.165, 1.54) is 18.9 Å². The first-order chi connectivity index (χ1) is 9.97. The lowest BCUT2D eigenvalue weighted by Crippen LogP contribution is -2.34. The Morgan fingerprint density at radius 1 is 1.38 bits per heavy atom. The Hall–Kier alpha value is -1.01. The molecule has 1 rings (SSSR count). The van der Waals surface area contributed by atoms with Crippen LogP contribution < -0.4 is 0 Å². The summed E-state index contributed by atoms with van der Waals surface area (Å²) < 4.78 is 5.63. The van der Waals surface area contributed by atoms with Crippen LogP contribution in [0.25, 0.3) is 0 Å². The van der Waals surface area contributed by atoms with Crippen molar-refractivity contribution in [3.63, 3.8) is 0 Å².